The number of benzene rings is 2. The minimum absolute atomic E-state index is 0.131. The van der Waals surface area contributed by atoms with Gasteiger partial charge in [-0.3, -0.25) is 4.79 Å². The fourth-order valence-corrected chi connectivity index (χ4v) is 2.15. The second-order valence-electron chi connectivity index (χ2n) is 4.46. The van der Waals surface area contributed by atoms with Crippen LogP contribution in [0, 0.1) is 18.3 Å². The zero-order chi connectivity index (χ0) is 14.5. The van der Waals surface area contributed by atoms with E-state index < -0.39 is 0 Å². The van der Waals surface area contributed by atoms with Crippen LogP contribution in [0.4, 0.5) is 0 Å². The first-order chi connectivity index (χ1) is 9.60. The summed E-state index contributed by atoms with van der Waals surface area (Å²) < 4.78 is 0.914. The summed E-state index contributed by atoms with van der Waals surface area (Å²) in [6, 6.07) is 14.8. The minimum atomic E-state index is -0.131. The van der Waals surface area contributed by atoms with Crippen molar-refractivity contribution in [1.82, 2.24) is 5.32 Å². The molecule has 0 unspecified atom stereocenters. The van der Waals surface area contributed by atoms with Gasteiger partial charge in [0, 0.05) is 16.6 Å². The standard InChI is InChI=1S/C16H13BrN2O/c1-11-5-6-14(8-15(11)17)16(20)19-10-13-4-2-3-12(7-13)9-18/h2-8H,10H2,1H3,(H,19,20). The summed E-state index contributed by atoms with van der Waals surface area (Å²) in [5.41, 5.74) is 3.19. The van der Waals surface area contributed by atoms with Crippen LogP contribution >= 0.6 is 15.9 Å². The third-order valence-electron chi connectivity index (χ3n) is 2.94. The van der Waals surface area contributed by atoms with Gasteiger partial charge in [-0.2, -0.15) is 5.26 Å². The third kappa shape index (κ3) is 3.46. The van der Waals surface area contributed by atoms with Crippen LogP contribution in [0.25, 0.3) is 0 Å². The summed E-state index contributed by atoms with van der Waals surface area (Å²) in [6.45, 7) is 2.37. The first-order valence-corrected chi connectivity index (χ1v) is 6.93. The Labute approximate surface area is 126 Å². The molecule has 20 heavy (non-hydrogen) atoms. The molecule has 0 fully saturated rings. The Bertz CT molecular complexity index is 689. The number of carbonyl (C=O) groups is 1. The van der Waals surface area contributed by atoms with E-state index in [9.17, 15) is 4.79 Å². The second-order valence-corrected chi connectivity index (χ2v) is 5.31. The fourth-order valence-electron chi connectivity index (χ4n) is 1.77. The predicted molar refractivity (Wildman–Crippen MR) is 81.2 cm³/mol. The Kier molecular flexibility index (Phi) is 4.54. The van der Waals surface area contributed by atoms with Gasteiger partial charge in [-0.15, -0.1) is 0 Å². The van der Waals surface area contributed by atoms with Crippen LogP contribution < -0.4 is 5.32 Å². The molecule has 3 nitrogen and oxygen atoms in total. The van der Waals surface area contributed by atoms with Gasteiger partial charge in [0.25, 0.3) is 5.91 Å². The molecule has 0 radical (unpaired) electrons. The molecular formula is C16H13BrN2O. The van der Waals surface area contributed by atoms with E-state index in [0.29, 0.717) is 17.7 Å². The number of hydrogen-bond donors (Lipinski definition) is 1. The molecule has 0 saturated heterocycles. The molecule has 0 spiro atoms. The van der Waals surface area contributed by atoms with Gasteiger partial charge < -0.3 is 5.32 Å². The summed E-state index contributed by atoms with van der Waals surface area (Å²) >= 11 is 3.41. The molecule has 0 saturated carbocycles. The van der Waals surface area contributed by atoms with Gasteiger partial charge in [0.15, 0.2) is 0 Å². The number of carbonyl (C=O) groups excluding carboxylic acids is 1. The number of amides is 1. The predicted octanol–water partition coefficient (Wildman–Crippen LogP) is 3.56. The SMILES string of the molecule is Cc1ccc(C(=O)NCc2cccc(C#N)c2)cc1Br. The van der Waals surface area contributed by atoms with Gasteiger partial charge in [0.05, 0.1) is 11.6 Å². The molecule has 0 aliphatic carbocycles. The lowest BCUT2D eigenvalue weighted by Crippen LogP contribution is -2.22. The maximum Gasteiger partial charge on any atom is 0.251 e. The monoisotopic (exact) mass is 328 g/mol. The Morgan fingerprint density at radius 1 is 1.30 bits per heavy atom. The number of rotatable bonds is 3. The summed E-state index contributed by atoms with van der Waals surface area (Å²) in [5, 5.41) is 11.7. The number of nitrogens with one attached hydrogen (secondary N) is 1. The highest BCUT2D eigenvalue weighted by molar-refractivity contribution is 9.10. The quantitative estimate of drug-likeness (QED) is 0.936. The van der Waals surface area contributed by atoms with E-state index in [1.165, 1.54) is 0 Å². The van der Waals surface area contributed by atoms with Crippen LogP contribution in [-0.2, 0) is 6.54 Å². The molecule has 0 aliphatic rings. The van der Waals surface area contributed by atoms with Gasteiger partial charge in [0.1, 0.15) is 0 Å². The molecule has 2 aromatic carbocycles. The first-order valence-electron chi connectivity index (χ1n) is 6.13. The van der Waals surface area contributed by atoms with Crippen LogP contribution in [0.2, 0.25) is 0 Å². The summed E-state index contributed by atoms with van der Waals surface area (Å²) in [4.78, 5) is 12.0. The van der Waals surface area contributed by atoms with Crippen molar-refractivity contribution in [2.24, 2.45) is 0 Å². The van der Waals surface area contributed by atoms with Crippen molar-refractivity contribution in [3.8, 4) is 6.07 Å². The molecule has 1 N–H and O–H groups in total. The van der Waals surface area contributed by atoms with Gasteiger partial charge in [-0.25, -0.2) is 0 Å². The molecule has 4 heteroatoms. The van der Waals surface area contributed by atoms with Crippen LogP contribution in [-0.4, -0.2) is 5.91 Å². The Morgan fingerprint density at radius 3 is 2.80 bits per heavy atom. The van der Waals surface area contributed by atoms with E-state index in [2.05, 4.69) is 27.3 Å². The highest BCUT2D eigenvalue weighted by atomic mass is 79.9. The number of halogens is 1. The van der Waals surface area contributed by atoms with Crippen molar-refractivity contribution in [3.63, 3.8) is 0 Å². The van der Waals surface area contributed by atoms with Crippen LogP contribution in [0.1, 0.15) is 27.0 Å². The number of nitrogens with zero attached hydrogens (tertiary/aromatic N) is 1. The van der Waals surface area contributed by atoms with Crippen molar-refractivity contribution >= 4 is 21.8 Å². The highest BCUT2D eigenvalue weighted by Crippen LogP contribution is 2.17. The lowest BCUT2D eigenvalue weighted by atomic mass is 10.1. The third-order valence-corrected chi connectivity index (χ3v) is 3.80. The number of nitriles is 1. The average Bonchev–Trinajstić information content (AvgIpc) is 2.47. The van der Waals surface area contributed by atoms with E-state index in [-0.39, 0.29) is 5.91 Å². The Balaban J connectivity index is 2.05. The molecule has 1 amide bonds. The summed E-state index contributed by atoms with van der Waals surface area (Å²) in [7, 11) is 0. The van der Waals surface area contributed by atoms with Gasteiger partial charge >= 0.3 is 0 Å². The van der Waals surface area contributed by atoms with Crippen molar-refractivity contribution in [3.05, 3.63) is 69.2 Å². The van der Waals surface area contributed by atoms with Gasteiger partial charge in [-0.1, -0.05) is 34.1 Å². The van der Waals surface area contributed by atoms with E-state index >= 15 is 0 Å². The minimum Gasteiger partial charge on any atom is -0.348 e. The zero-order valence-corrected chi connectivity index (χ0v) is 12.6. The second kappa shape index (κ2) is 6.36. The van der Waals surface area contributed by atoms with Crippen molar-refractivity contribution in [1.29, 1.82) is 5.26 Å². The average molecular weight is 329 g/mol. The summed E-state index contributed by atoms with van der Waals surface area (Å²) in [6.07, 6.45) is 0. The van der Waals surface area contributed by atoms with E-state index in [1.807, 2.05) is 25.1 Å². The largest absolute Gasteiger partial charge is 0.348 e. The van der Waals surface area contributed by atoms with Crippen LogP contribution in [0.3, 0.4) is 0 Å². The number of aryl methyl sites for hydroxylation is 1. The van der Waals surface area contributed by atoms with Crippen LogP contribution in [0.15, 0.2) is 46.9 Å². The van der Waals surface area contributed by atoms with Crippen molar-refractivity contribution < 1.29 is 4.79 Å². The molecule has 100 valence electrons. The molecule has 0 aliphatic heterocycles. The lowest BCUT2D eigenvalue weighted by Gasteiger charge is -2.07. The Hall–Kier alpha value is -2.12. The molecule has 2 rings (SSSR count). The molecular weight excluding hydrogens is 316 g/mol. The van der Waals surface area contributed by atoms with Gasteiger partial charge in [0.2, 0.25) is 0 Å². The normalized spacial score (nSPS) is 9.85. The highest BCUT2D eigenvalue weighted by Gasteiger charge is 2.07. The molecule has 0 atom stereocenters. The maximum atomic E-state index is 12.0. The molecule has 2 aromatic rings. The lowest BCUT2D eigenvalue weighted by molar-refractivity contribution is 0.0951. The number of hydrogen-bond acceptors (Lipinski definition) is 2. The maximum absolute atomic E-state index is 12.0. The van der Waals surface area contributed by atoms with E-state index in [0.717, 1.165) is 15.6 Å². The smallest absolute Gasteiger partial charge is 0.251 e. The Morgan fingerprint density at radius 2 is 2.10 bits per heavy atom. The van der Waals surface area contributed by atoms with Crippen molar-refractivity contribution in [2.75, 3.05) is 0 Å². The zero-order valence-electron chi connectivity index (χ0n) is 11.0. The van der Waals surface area contributed by atoms with Gasteiger partial charge in [-0.05, 0) is 42.3 Å². The summed E-state index contributed by atoms with van der Waals surface area (Å²) in [5.74, 6) is -0.131. The molecule has 0 bridgehead atoms. The molecule has 0 aromatic heterocycles. The van der Waals surface area contributed by atoms with Crippen molar-refractivity contribution in [2.45, 2.75) is 13.5 Å². The first kappa shape index (κ1) is 14.3. The van der Waals surface area contributed by atoms with Crippen LogP contribution in [0.5, 0.6) is 0 Å². The van der Waals surface area contributed by atoms with E-state index in [4.69, 9.17) is 5.26 Å². The fraction of sp³-hybridized carbons (Fsp3) is 0.125. The van der Waals surface area contributed by atoms with E-state index in [1.54, 1.807) is 24.3 Å². The topological polar surface area (TPSA) is 52.9 Å². The molecule has 0 heterocycles.